The third-order valence-electron chi connectivity index (χ3n) is 4.73. The van der Waals surface area contributed by atoms with Crippen molar-refractivity contribution in [3.63, 3.8) is 0 Å². The lowest BCUT2D eigenvalue weighted by Crippen LogP contribution is -2.11. The van der Waals surface area contributed by atoms with Crippen molar-refractivity contribution in [2.45, 2.75) is 25.9 Å². The van der Waals surface area contributed by atoms with Crippen LogP contribution < -0.4 is 4.74 Å². The van der Waals surface area contributed by atoms with Crippen molar-refractivity contribution in [3.8, 4) is 5.75 Å². The molecule has 5 nitrogen and oxygen atoms in total. The Labute approximate surface area is 173 Å². The fourth-order valence-electron chi connectivity index (χ4n) is 3.37. The van der Waals surface area contributed by atoms with E-state index in [1.807, 2.05) is 67.0 Å². The van der Waals surface area contributed by atoms with Crippen LogP contribution >= 0.6 is 11.3 Å². The standard InChI is InChI=1S/C23H22N2O3S/c1-2-27-22(26)13-19(23-24-10-11-29-23)20-14-25-21-12-17(8-9-18(20)21)28-15-16-6-4-3-5-7-16/h3-12,14,19,25H,2,13,15H2,1H3. The number of rotatable bonds is 8. The molecule has 0 radical (unpaired) electrons. The van der Waals surface area contributed by atoms with Crippen LogP contribution in [0.2, 0.25) is 0 Å². The van der Waals surface area contributed by atoms with Crippen molar-refractivity contribution in [1.29, 1.82) is 0 Å². The molecule has 2 aromatic carbocycles. The third kappa shape index (κ3) is 4.49. The molecule has 4 aromatic rings. The van der Waals surface area contributed by atoms with Crippen molar-refractivity contribution in [1.82, 2.24) is 9.97 Å². The largest absolute Gasteiger partial charge is 0.489 e. The maximum Gasteiger partial charge on any atom is 0.306 e. The maximum atomic E-state index is 12.2. The highest BCUT2D eigenvalue weighted by Crippen LogP contribution is 2.35. The van der Waals surface area contributed by atoms with Gasteiger partial charge in [-0.3, -0.25) is 4.79 Å². The van der Waals surface area contributed by atoms with E-state index in [2.05, 4.69) is 9.97 Å². The average molecular weight is 407 g/mol. The highest BCUT2D eigenvalue weighted by atomic mass is 32.1. The predicted octanol–water partition coefficient (Wildman–Crippen LogP) is 5.29. The van der Waals surface area contributed by atoms with Crippen LogP contribution in [0.25, 0.3) is 10.9 Å². The van der Waals surface area contributed by atoms with Crippen molar-refractivity contribution in [3.05, 3.63) is 82.4 Å². The molecule has 0 saturated heterocycles. The van der Waals surface area contributed by atoms with Crippen molar-refractivity contribution in [2.75, 3.05) is 6.61 Å². The van der Waals surface area contributed by atoms with E-state index < -0.39 is 0 Å². The smallest absolute Gasteiger partial charge is 0.306 e. The number of esters is 1. The molecule has 29 heavy (non-hydrogen) atoms. The van der Waals surface area contributed by atoms with Crippen molar-refractivity contribution < 1.29 is 14.3 Å². The fourth-order valence-corrected chi connectivity index (χ4v) is 4.13. The molecular formula is C23H22N2O3S. The number of aromatic nitrogens is 2. The lowest BCUT2D eigenvalue weighted by Gasteiger charge is -2.13. The Bertz CT molecular complexity index is 1070. The first-order valence-corrected chi connectivity index (χ1v) is 10.5. The van der Waals surface area contributed by atoms with Gasteiger partial charge in [-0.15, -0.1) is 11.3 Å². The number of thiazole rings is 1. The highest BCUT2D eigenvalue weighted by molar-refractivity contribution is 7.09. The van der Waals surface area contributed by atoms with Gasteiger partial charge in [0.25, 0.3) is 0 Å². The van der Waals surface area contributed by atoms with Gasteiger partial charge in [0.1, 0.15) is 17.4 Å². The predicted molar refractivity (Wildman–Crippen MR) is 114 cm³/mol. The molecule has 4 rings (SSSR count). The van der Waals surface area contributed by atoms with E-state index in [-0.39, 0.29) is 18.3 Å². The number of hydrogen-bond acceptors (Lipinski definition) is 5. The Hall–Kier alpha value is -3.12. The molecule has 0 fully saturated rings. The van der Waals surface area contributed by atoms with Crippen LogP contribution in [0.4, 0.5) is 0 Å². The molecule has 0 aliphatic carbocycles. The van der Waals surface area contributed by atoms with Crippen LogP contribution in [-0.2, 0) is 16.1 Å². The summed E-state index contributed by atoms with van der Waals surface area (Å²) in [7, 11) is 0. The van der Waals surface area contributed by atoms with Crippen LogP contribution in [0.1, 0.15) is 35.4 Å². The average Bonchev–Trinajstić information content (AvgIpc) is 3.41. The van der Waals surface area contributed by atoms with Gasteiger partial charge < -0.3 is 14.5 Å². The number of fused-ring (bicyclic) bond motifs is 1. The number of aromatic amines is 1. The first-order valence-electron chi connectivity index (χ1n) is 9.57. The summed E-state index contributed by atoms with van der Waals surface area (Å²) in [6, 6.07) is 16.1. The Balaban J connectivity index is 1.58. The van der Waals surface area contributed by atoms with Gasteiger partial charge in [0.15, 0.2) is 0 Å². The van der Waals surface area contributed by atoms with E-state index in [4.69, 9.17) is 9.47 Å². The Morgan fingerprint density at radius 3 is 2.83 bits per heavy atom. The number of hydrogen-bond donors (Lipinski definition) is 1. The zero-order chi connectivity index (χ0) is 20.1. The molecule has 1 atom stereocenters. The first-order chi connectivity index (χ1) is 14.2. The zero-order valence-electron chi connectivity index (χ0n) is 16.1. The number of H-pyrrole nitrogens is 1. The third-order valence-corrected chi connectivity index (χ3v) is 5.62. The molecule has 1 N–H and O–H groups in total. The lowest BCUT2D eigenvalue weighted by molar-refractivity contribution is -0.143. The van der Waals surface area contributed by atoms with Gasteiger partial charge in [-0.05, 0) is 30.2 Å². The minimum atomic E-state index is -0.218. The van der Waals surface area contributed by atoms with E-state index >= 15 is 0 Å². The second-order valence-electron chi connectivity index (χ2n) is 6.66. The maximum absolute atomic E-state index is 12.2. The normalized spacial score (nSPS) is 12.0. The molecule has 0 amide bonds. The molecular weight excluding hydrogens is 384 g/mol. The number of nitrogens with one attached hydrogen (secondary N) is 1. The first kappa shape index (κ1) is 19.2. The summed E-state index contributed by atoms with van der Waals surface area (Å²) >= 11 is 1.55. The number of ether oxygens (including phenoxy) is 2. The summed E-state index contributed by atoms with van der Waals surface area (Å²) in [5.74, 6) is 0.440. The van der Waals surface area contributed by atoms with E-state index in [1.165, 1.54) is 0 Å². The molecule has 2 heterocycles. The Morgan fingerprint density at radius 1 is 1.21 bits per heavy atom. The van der Waals surface area contributed by atoms with Crippen molar-refractivity contribution in [2.24, 2.45) is 0 Å². The van der Waals surface area contributed by atoms with Crippen LogP contribution in [0.3, 0.4) is 0 Å². The minimum absolute atomic E-state index is 0.140. The van der Waals surface area contributed by atoms with E-state index in [0.29, 0.717) is 13.2 Å². The number of carbonyl (C=O) groups excluding carboxylic acids is 1. The zero-order valence-corrected chi connectivity index (χ0v) is 16.9. The van der Waals surface area contributed by atoms with Gasteiger partial charge in [0.2, 0.25) is 0 Å². The Morgan fingerprint density at radius 2 is 2.07 bits per heavy atom. The fraction of sp³-hybridized carbons (Fsp3) is 0.217. The van der Waals surface area contributed by atoms with Crippen molar-refractivity contribution >= 4 is 28.2 Å². The Kier molecular flexibility index (Phi) is 5.91. The van der Waals surface area contributed by atoms with Gasteiger partial charge in [0.05, 0.1) is 13.0 Å². The monoisotopic (exact) mass is 406 g/mol. The molecule has 0 aliphatic heterocycles. The van der Waals surface area contributed by atoms with E-state index in [0.717, 1.165) is 32.8 Å². The molecule has 0 aliphatic rings. The molecule has 0 bridgehead atoms. The quantitative estimate of drug-likeness (QED) is 0.404. The van der Waals surface area contributed by atoms with E-state index in [9.17, 15) is 4.79 Å². The van der Waals surface area contributed by atoms with Gasteiger partial charge in [-0.1, -0.05) is 30.3 Å². The summed E-state index contributed by atoms with van der Waals surface area (Å²) < 4.78 is 11.1. The molecule has 148 valence electrons. The topological polar surface area (TPSA) is 64.2 Å². The van der Waals surface area contributed by atoms with Gasteiger partial charge in [0, 0.05) is 40.7 Å². The molecule has 1 unspecified atom stereocenters. The second kappa shape index (κ2) is 8.92. The van der Waals surface area contributed by atoms with Crippen LogP contribution in [0.15, 0.2) is 66.3 Å². The summed E-state index contributed by atoms with van der Waals surface area (Å²) in [4.78, 5) is 19.9. The molecule has 6 heteroatoms. The molecule has 2 aromatic heterocycles. The van der Waals surface area contributed by atoms with E-state index in [1.54, 1.807) is 17.5 Å². The second-order valence-corrected chi connectivity index (χ2v) is 7.58. The van der Waals surface area contributed by atoms with Gasteiger partial charge >= 0.3 is 5.97 Å². The number of benzene rings is 2. The van der Waals surface area contributed by atoms with Crippen LogP contribution in [0.5, 0.6) is 5.75 Å². The van der Waals surface area contributed by atoms with Gasteiger partial charge in [-0.2, -0.15) is 0 Å². The number of carbonyl (C=O) groups is 1. The number of nitrogens with zero attached hydrogens (tertiary/aromatic N) is 1. The van der Waals surface area contributed by atoms with Crippen LogP contribution in [0, 0.1) is 0 Å². The summed E-state index contributed by atoms with van der Waals surface area (Å²) in [5, 5.41) is 3.89. The molecule has 0 saturated carbocycles. The SMILES string of the molecule is CCOC(=O)CC(c1nccs1)c1c[nH]c2cc(OCc3ccccc3)ccc12. The lowest BCUT2D eigenvalue weighted by atomic mass is 9.96. The van der Waals surface area contributed by atoms with Gasteiger partial charge in [-0.25, -0.2) is 4.98 Å². The molecule has 0 spiro atoms. The summed E-state index contributed by atoms with van der Waals surface area (Å²) in [5.41, 5.74) is 3.13. The minimum Gasteiger partial charge on any atom is -0.489 e. The highest BCUT2D eigenvalue weighted by Gasteiger charge is 2.24. The summed E-state index contributed by atoms with van der Waals surface area (Å²) in [6.07, 6.45) is 3.99. The van der Waals surface area contributed by atoms with Crippen LogP contribution in [-0.4, -0.2) is 22.5 Å². The summed E-state index contributed by atoms with van der Waals surface area (Å²) in [6.45, 7) is 2.71.